The van der Waals surface area contributed by atoms with Crippen molar-refractivity contribution >= 4 is 0 Å². The van der Waals surface area contributed by atoms with E-state index in [0.29, 0.717) is 5.92 Å². The Labute approximate surface area is 104 Å². The van der Waals surface area contributed by atoms with Gasteiger partial charge in [-0.3, -0.25) is 0 Å². The molecule has 4 saturated carbocycles. The molecule has 4 rings (SSSR count). The molecule has 4 aliphatic carbocycles. The molecule has 0 aliphatic heterocycles. The summed E-state index contributed by atoms with van der Waals surface area (Å²) in [5.41, 5.74) is 6.60. The third-order valence-corrected chi connectivity index (χ3v) is 5.05. The Kier molecular flexibility index (Phi) is 2.59. The monoisotopic (exact) mass is 239 g/mol. The van der Waals surface area contributed by atoms with Gasteiger partial charge >= 0.3 is 0 Å². The lowest BCUT2D eigenvalue weighted by molar-refractivity contribution is -0.234. The van der Waals surface area contributed by atoms with Gasteiger partial charge in [0, 0.05) is 25.7 Å². The highest BCUT2D eigenvalue weighted by molar-refractivity contribution is 5.18. The molecule has 17 heavy (non-hydrogen) atoms. The Morgan fingerprint density at radius 1 is 1.12 bits per heavy atom. The summed E-state index contributed by atoms with van der Waals surface area (Å²) in [5.74, 6) is 0.716. The van der Waals surface area contributed by atoms with E-state index in [1.54, 1.807) is 0 Å². The van der Waals surface area contributed by atoms with Crippen LogP contribution >= 0.6 is 0 Å². The van der Waals surface area contributed by atoms with Gasteiger partial charge in [0.2, 0.25) is 0 Å². The summed E-state index contributed by atoms with van der Waals surface area (Å²) in [6, 6.07) is 0. The molecule has 2 N–H and O–H groups in total. The maximum absolute atomic E-state index is 6.58. The molecule has 0 aromatic heterocycles. The van der Waals surface area contributed by atoms with E-state index in [0.717, 1.165) is 32.3 Å². The van der Waals surface area contributed by atoms with Gasteiger partial charge in [0.1, 0.15) is 0 Å². The third kappa shape index (κ3) is 1.83. The maximum atomic E-state index is 6.58. The molecule has 3 nitrogen and oxygen atoms in total. The van der Waals surface area contributed by atoms with Gasteiger partial charge in [0.25, 0.3) is 0 Å². The predicted molar refractivity (Wildman–Crippen MR) is 66.8 cm³/mol. The highest BCUT2D eigenvalue weighted by atomic mass is 16.5. The van der Waals surface area contributed by atoms with Gasteiger partial charge in [-0.15, -0.1) is 0 Å². The van der Waals surface area contributed by atoms with Crippen LogP contribution in [-0.4, -0.2) is 30.5 Å². The molecule has 98 valence electrons. The number of ether oxygens (including phenoxy) is 2. The molecule has 0 heterocycles. The first kappa shape index (κ1) is 11.9. The molecule has 4 aliphatic rings. The zero-order valence-electron chi connectivity index (χ0n) is 11.1. The Morgan fingerprint density at radius 2 is 1.82 bits per heavy atom. The average molecular weight is 239 g/mol. The lowest BCUT2D eigenvalue weighted by Crippen LogP contribution is -2.70. The SMILES string of the molecule is CCCOC12CC3CC(N)(CC(OC)(C3)C1)C2. The summed E-state index contributed by atoms with van der Waals surface area (Å²) < 4.78 is 12.1. The molecule has 4 bridgehead atoms. The average Bonchev–Trinajstić information content (AvgIpc) is 2.23. The minimum absolute atomic E-state index is 0.0158. The fraction of sp³-hybridized carbons (Fsp3) is 1.00. The summed E-state index contributed by atoms with van der Waals surface area (Å²) in [5, 5.41) is 0. The van der Waals surface area contributed by atoms with Crippen molar-refractivity contribution in [2.45, 2.75) is 68.6 Å². The number of nitrogens with two attached hydrogens (primary N) is 1. The van der Waals surface area contributed by atoms with E-state index in [-0.39, 0.29) is 16.7 Å². The summed E-state index contributed by atoms with van der Waals surface area (Å²) in [6.07, 6.45) is 7.80. The van der Waals surface area contributed by atoms with E-state index in [1.807, 2.05) is 7.11 Å². The van der Waals surface area contributed by atoms with Gasteiger partial charge in [-0.05, 0) is 44.4 Å². The lowest BCUT2D eigenvalue weighted by atomic mass is 9.49. The van der Waals surface area contributed by atoms with Crippen molar-refractivity contribution < 1.29 is 9.47 Å². The Bertz CT molecular complexity index is 321. The number of hydrogen-bond acceptors (Lipinski definition) is 3. The Morgan fingerprint density at radius 3 is 2.47 bits per heavy atom. The van der Waals surface area contributed by atoms with E-state index in [9.17, 15) is 0 Å². The van der Waals surface area contributed by atoms with E-state index < -0.39 is 0 Å². The fourth-order valence-electron chi connectivity index (χ4n) is 5.04. The van der Waals surface area contributed by atoms with Crippen molar-refractivity contribution in [3.63, 3.8) is 0 Å². The molecule has 0 aromatic rings. The molecule has 0 spiro atoms. The Hall–Kier alpha value is -0.120. The second-order valence-electron chi connectivity index (χ2n) is 6.79. The Balaban J connectivity index is 1.87. The summed E-state index contributed by atoms with van der Waals surface area (Å²) in [6.45, 7) is 3.04. The van der Waals surface area contributed by atoms with Crippen LogP contribution in [0.5, 0.6) is 0 Å². The van der Waals surface area contributed by atoms with Gasteiger partial charge in [-0.1, -0.05) is 6.92 Å². The first-order valence-corrected chi connectivity index (χ1v) is 7.01. The highest BCUT2D eigenvalue weighted by Crippen LogP contribution is 2.60. The predicted octanol–water partition coefficient (Wildman–Crippen LogP) is 2.23. The zero-order chi connectivity index (χ0) is 12.1. The largest absolute Gasteiger partial charge is 0.378 e. The van der Waals surface area contributed by atoms with Crippen LogP contribution < -0.4 is 5.73 Å². The van der Waals surface area contributed by atoms with Gasteiger partial charge in [0.05, 0.1) is 11.2 Å². The molecular weight excluding hydrogens is 214 g/mol. The first-order chi connectivity index (χ1) is 8.03. The lowest BCUT2D eigenvalue weighted by Gasteiger charge is -2.64. The van der Waals surface area contributed by atoms with Crippen LogP contribution in [0.2, 0.25) is 0 Å². The number of hydrogen-bond donors (Lipinski definition) is 1. The van der Waals surface area contributed by atoms with Crippen molar-refractivity contribution in [3.05, 3.63) is 0 Å². The van der Waals surface area contributed by atoms with Crippen molar-refractivity contribution in [1.82, 2.24) is 0 Å². The topological polar surface area (TPSA) is 44.5 Å². The normalized spacial score (nSPS) is 52.1. The molecule has 4 fully saturated rings. The van der Waals surface area contributed by atoms with Crippen LogP contribution in [0.15, 0.2) is 0 Å². The first-order valence-electron chi connectivity index (χ1n) is 7.01. The fourth-order valence-corrected chi connectivity index (χ4v) is 5.04. The van der Waals surface area contributed by atoms with E-state index in [4.69, 9.17) is 15.2 Å². The minimum Gasteiger partial charge on any atom is -0.378 e. The van der Waals surface area contributed by atoms with Gasteiger partial charge < -0.3 is 15.2 Å². The maximum Gasteiger partial charge on any atom is 0.0730 e. The number of rotatable bonds is 4. The molecule has 0 radical (unpaired) electrons. The van der Waals surface area contributed by atoms with Crippen LogP contribution in [-0.2, 0) is 9.47 Å². The van der Waals surface area contributed by atoms with Crippen molar-refractivity contribution in [3.8, 4) is 0 Å². The molecule has 3 heteroatoms. The number of methoxy groups -OCH3 is 1. The van der Waals surface area contributed by atoms with Crippen molar-refractivity contribution in [2.24, 2.45) is 11.7 Å². The molecule has 4 atom stereocenters. The zero-order valence-corrected chi connectivity index (χ0v) is 11.1. The van der Waals surface area contributed by atoms with Gasteiger partial charge in [-0.2, -0.15) is 0 Å². The molecular formula is C14H25NO2. The van der Waals surface area contributed by atoms with Crippen LogP contribution in [0.3, 0.4) is 0 Å². The standard InChI is InChI=1S/C14H25NO2/c1-3-4-17-14-7-11-5-12(15,9-14)8-13(6-11,10-14)16-2/h11H,3-10,15H2,1-2H3. The minimum atomic E-state index is -0.0246. The van der Waals surface area contributed by atoms with Gasteiger partial charge in [0.15, 0.2) is 0 Å². The van der Waals surface area contributed by atoms with Crippen LogP contribution in [0.25, 0.3) is 0 Å². The second-order valence-corrected chi connectivity index (χ2v) is 6.79. The van der Waals surface area contributed by atoms with Crippen molar-refractivity contribution in [2.75, 3.05) is 13.7 Å². The van der Waals surface area contributed by atoms with Crippen molar-refractivity contribution in [1.29, 1.82) is 0 Å². The van der Waals surface area contributed by atoms with E-state index in [1.165, 1.54) is 19.3 Å². The quantitative estimate of drug-likeness (QED) is 0.818. The van der Waals surface area contributed by atoms with Crippen LogP contribution in [0.1, 0.15) is 51.9 Å². The summed E-state index contributed by atoms with van der Waals surface area (Å²) >= 11 is 0. The molecule has 0 saturated heterocycles. The smallest absolute Gasteiger partial charge is 0.0730 e. The second kappa shape index (κ2) is 3.69. The van der Waals surface area contributed by atoms with E-state index >= 15 is 0 Å². The molecule has 4 unspecified atom stereocenters. The summed E-state index contributed by atoms with van der Waals surface area (Å²) in [7, 11) is 1.85. The third-order valence-electron chi connectivity index (χ3n) is 5.05. The van der Waals surface area contributed by atoms with Crippen LogP contribution in [0, 0.1) is 5.92 Å². The highest BCUT2D eigenvalue weighted by Gasteiger charge is 2.63. The van der Waals surface area contributed by atoms with Gasteiger partial charge in [-0.25, -0.2) is 0 Å². The molecule has 0 aromatic carbocycles. The van der Waals surface area contributed by atoms with Crippen LogP contribution in [0.4, 0.5) is 0 Å². The molecule has 0 amide bonds. The van der Waals surface area contributed by atoms with E-state index in [2.05, 4.69) is 6.92 Å². The summed E-state index contributed by atoms with van der Waals surface area (Å²) in [4.78, 5) is 0.